The second-order valence-electron chi connectivity index (χ2n) is 6.38. The monoisotopic (exact) mass is 439 g/mol. The van der Waals surface area contributed by atoms with Crippen LogP contribution in [0.1, 0.15) is 11.1 Å². The van der Waals surface area contributed by atoms with E-state index in [-0.39, 0.29) is 12.4 Å². The number of benzene rings is 2. The quantitative estimate of drug-likeness (QED) is 0.513. The van der Waals surface area contributed by atoms with E-state index in [2.05, 4.69) is 9.98 Å². The summed E-state index contributed by atoms with van der Waals surface area (Å²) >= 11 is 0. The number of nitrogens with zero attached hydrogens (tertiary/aromatic N) is 1. The van der Waals surface area contributed by atoms with Crippen LogP contribution in [0.15, 0.2) is 58.3 Å². The highest BCUT2D eigenvalue weighted by atomic mass is 32.2. The Hall–Kier alpha value is -3.18. The number of hydrogen-bond acceptors (Lipinski definition) is 5. The van der Waals surface area contributed by atoms with Gasteiger partial charge in [-0.2, -0.15) is 13.2 Å². The van der Waals surface area contributed by atoms with E-state index in [9.17, 15) is 31.5 Å². The van der Waals surface area contributed by atoms with Crippen LogP contribution < -0.4 is 10.3 Å². The molecule has 0 fully saturated rings. The van der Waals surface area contributed by atoms with Crippen molar-refractivity contribution in [2.75, 3.05) is 5.75 Å². The number of sulfonamides is 1. The van der Waals surface area contributed by atoms with Gasteiger partial charge in [0.15, 0.2) is 5.75 Å². The minimum atomic E-state index is -4.82. The lowest BCUT2D eigenvalue weighted by molar-refractivity contribution is -0.106. The Morgan fingerprint density at radius 3 is 2.33 bits per heavy atom. The molecule has 0 spiro atoms. The molecule has 0 aliphatic heterocycles. The van der Waals surface area contributed by atoms with Crippen molar-refractivity contribution in [1.82, 2.24) is 9.71 Å². The third kappa shape index (κ3) is 5.45. The zero-order valence-corrected chi connectivity index (χ0v) is 16.1. The molecule has 0 radical (unpaired) electrons. The van der Waals surface area contributed by atoms with Crippen LogP contribution in [0.3, 0.4) is 0 Å². The smallest absolute Gasteiger partial charge is 0.404 e. The summed E-state index contributed by atoms with van der Waals surface area (Å²) in [6.07, 6.45) is -3.45. The molecule has 3 N–H and O–H groups in total. The normalized spacial score (nSPS) is 12.6. The maximum atomic E-state index is 12.2. The number of hydrogen-bond donors (Lipinski definition) is 3. The molecule has 158 valence electrons. The largest absolute Gasteiger partial charge is 0.494 e. The predicted molar refractivity (Wildman–Crippen MR) is 107 cm³/mol. The van der Waals surface area contributed by atoms with E-state index in [0.717, 1.165) is 0 Å². The molecule has 0 aliphatic rings. The number of fused-ring (bicyclic) bond motifs is 1. The Kier molecular flexibility index (Phi) is 5.94. The van der Waals surface area contributed by atoms with E-state index in [4.69, 9.17) is 0 Å². The number of halogens is 3. The Bertz CT molecular complexity index is 1250. The Labute approximate surface area is 169 Å². The van der Waals surface area contributed by atoms with Gasteiger partial charge in [0.25, 0.3) is 5.56 Å². The first kappa shape index (κ1) is 21.5. The lowest BCUT2D eigenvalue weighted by atomic mass is 10.1. The third-order valence-electron chi connectivity index (χ3n) is 4.08. The van der Waals surface area contributed by atoms with Crippen LogP contribution in [0.5, 0.6) is 5.88 Å². The average Bonchev–Trinajstić information content (AvgIpc) is 2.65. The molecule has 0 amide bonds. The standard InChI is InChI=1S/C19H16F3N3O4S/c20-19(21,22)11-30(28,29)24-9-12-5-7-13(8-6-12)23-10-16-14-3-1-2-4-15(14)17(26)25-18(16)27/h1-8,10,24H,9,11H2,(H2,25,26,27). The summed E-state index contributed by atoms with van der Waals surface area (Å²) in [6, 6.07) is 12.8. The van der Waals surface area contributed by atoms with Crippen molar-refractivity contribution < 1.29 is 26.7 Å². The number of H-pyrrole nitrogens is 1. The Balaban J connectivity index is 1.75. The van der Waals surface area contributed by atoms with E-state index in [1.807, 2.05) is 4.72 Å². The molecule has 11 heteroatoms. The summed E-state index contributed by atoms with van der Waals surface area (Å²) in [5.74, 6) is -2.28. The first-order valence-electron chi connectivity index (χ1n) is 8.55. The van der Waals surface area contributed by atoms with E-state index in [1.165, 1.54) is 30.5 Å². The highest BCUT2D eigenvalue weighted by Crippen LogP contribution is 2.22. The van der Waals surface area contributed by atoms with E-state index in [0.29, 0.717) is 27.6 Å². The molecule has 3 rings (SSSR count). The van der Waals surface area contributed by atoms with Gasteiger partial charge >= 0.3 is 6.18 Å². The lowest BCUT2D eigenvalue weighted by Gasteiger charge is -2.09. The summed E-state index contributed by atoms with van der Waals surface area (Å²) in [5.41, 5.74) is 0.774. The van der Waals surface area contributed by atoms with Crippen molar-refractivity contribution in [3.05, 3.63) is 70.0 Å². The zero-order valence-electron chi connectivity index (χ0n) is 15.3. The van der Waals surface area contributed by atoms with E-state index < -0.39 is 27.5 Å². The number of alkyl halides is 3. The number of pyridine rings is 1. The number of aliphatic imine (C=N–C) groups is 1. The molecule has 2 aromatic carbocycles. The van der Waals surface area contributed by atoms with Crippen molar-refractivity contribution in [3.8, 4) is 5.88 Å². The van der Waals surface area contributed by atoms with Gasteiger partial charge in [0, 0.05) is 23.5 Å². The fraction of sp³-hybridized carbons (Fsp3) is 0.158. The van der Waals surface area contributed by atoms with Gasteiger partial charge in [-0.3, -0.25) is 14.8 Å². The van der Waals surface area contributed by atoms with Crippen LogP contribution in [0.25, 0.3) is 10.8 Å². The first-order chi connectivity index (χ1) is 14.0. The topological polar surface area (TPSA) is 112 Å². The van der Waals surface area contributed by atoms with Crippen LogP contribution in [0.4, 0.5) is 18.9 Å². The molecular formula is C19H16F3N3O4S. The van der Waals surface area contributed by atoms with E-state index >= 15 is 0 Å². The van der Waals surface area contributed by atoms with Crippen molar-refractivity contribution in [3.63, 3.8) is 0 Å². The lowest BCUT2D eigenvalue weighted by Crippen LogP contribution is -2.33. The average molecular weight is 439 g/mol. The van der Waals surface area contributed by atoms with E-state index in [1.54, 1.807) is 24.3 Å². The summed E-state index contributed by atoms with van der Waals surface area (Å²) in [7, 11) is -4.48. The highest BCUT2D eigenvalue weighted by Gasteiger charge is 2.34. The molecule has 1 heterocycles. The molecule has 1 aromatic heterocycles. The van der Waals surface area contributed by atoms with Crippen LogP contribution in [0.2, 0.25) is 0 Å². The maximum Gasteiger partial charge on any atom is 0.404 e. The van der Waals surface area contributed by atoms with Gasteiger partial charge in [0.05, 0.1) is 11.3 Å². The molecular weight excluding hydrogens is 423 g/mol. The van der Waals surface area contributed by atoms with Crippen molar-refractivity contribution >= 4 is 32.7 Å². The van der Waals surface area contributed by atoms with Crippen molar-refractivity contribution in [2.45, 2.75) is 12.7 Å². The van der Waals surface area contributed by atoms with Gasteiger partial charge in [-0.1, -0.05) is 30.3 Å². The molecule has 0 aliphatic carbocycles. The predicted octanol–water partition coefficient (Wildman–Crippen LogP) is 2.97. The molecule has 3 aromatic rings. The second kappa shape index (κ2) is 8.28. The molecule has 0 bridgehead atoms. The summed E-state index contributed by atoms with van der Waals surface area (Å²) in [6.45, 7) is -0.298. The van der Waals surface area contributed by atoms with Gasteiger partial charge < -0.3 is 5.11 Å². The van der Waals surface area contributed by atoms with Crippen LogP contribution in [-0.2, 0) is 16.6 Å². The minimum Gasteiger partial charge on any atom is -0.494 e. The van der Waals surface area contributed by atoms with Gasteiger partial charge in [-0.15, -0.1) is 0 Å². The summed E-state index contributed by atoms with van der Waals surface area (Å²) in [4.78, 5) is 18.5. The van der Waals surface area contributed by atoms with Gasteiger partial charge in [-0.25, -0.2) is 13.1 Å². The van der Waals surface area contributed by atoms with Gasteiger partial charge in [0.1, 0.15) is 0 Å². The number of nitrogens with one attached hydrogen (secondary N) is 2. The number of aromatic hydroxyl groups is 1. The fourth-order valence-electron chi connectivity index (χ4n) is 2.72. The Morgan fingerprint density at radius 1 is 1.07 bits per heavy atom. The number of rotatable bonds is 6. The zero-order chi connectivity index (χ0) is 21.9. The van der Waals surface area contributed by atoms with Crippen LogP contribution >= 0.6 is 0 Å². The highest BCUT2D eigenvalue weighted by molar-refractivity contribution is 7.89. The molecule has 0 saturated heterocycles. The minimum absolute atomic E-state index is 0.298. The number of aromatic amines is 1. The molecule has 0 unspecified atom stereocenters. The first-order valence-corrected chi connectivity index (χ1v) is 10.2. The van der Waals surface area contributed by atoms with Crippen molar-refractivity contribution in [2.24, 2.45) is 4.99 Å². The molecule has 0 saturated carbocycles. The number of aromatic nitrogens is 1. The SMILES string of the molecule is O=c1[nH]c(O)c(C=Nc2ccc(CNS(=O)(=O)CC(F)(F)F)cc2)c2ccccc12. The molecule has 30 heavy (non-hydrogen) atoms. The third-order valence-corrected chi connectivity index (χ3v) is 5.37. The van der Waals surface area contributed by atoms with Crippen LogP contribution in [0, 0.1) is 0 Å². The fourth-order valence-corrected chi connectivity index (χ4v) is 3.63. The molecule has 0 atom stereocenters. The summed E-state index contributed by atoms with van der Waals surface area (Å²) in [5, 5.41) is 10.9. The van der Waals surface area contributed by atoms with Gasteiger partial charge in [0.2, 0.25) is 15.9 Å². The van der Waals surface area contributed by atoms with Crippen LogP contribution in [-0.4, -0.2) is 36.7 Å². The second-order valence-corrected chi connectivity index (χ2v) is 8.19. The van der Waals surface area contributed by atoms with Crippen molar-refractivity contribution in [1.29, 1.82) is 0 Å². The maximum absolute atomic E-state index is 12.2. The summed E-state index contributed by atoms with van der Waals surface area (Å²) < 4.78 is 61.4. The van der Waals surface area contributed by atoms with Gasteiger partial charge in [-0.05, 0) is 23.8 Å². The molecule has 7 nitrogen and oxygen atoms in total. The Morgan fingerprint density at radius 2 is 1.70 bits per heavy atom.